The number of carbonyl (C=O) groups excluding carboxylic acids is 2. The summed E-state index contributed by atoms with van der Waals surface area (Å²) in [6.07, 6.45) is 3.19. The molecule has 1 atom stereocenters. The minimum absolute atomic E-state index is 0.00796. The molecular weight excluding hydrogens is 535 g/mol. The average Bonchev–Trinajstić information content (AvgIpc) is 2.87. The smallest absolute Gasteiger partial charge is 0.316 e. The van der Waals surface area contributed by atoms with Crippen LogP contribution in [-0.2, 0) is 4.79 Å². The summed E-state index contributed by atoms with van der Waals surface area (Å²) in [4.78, 5) is 35.3. The molecular formula is C28H28ClF3N3O4+. The number of nitrogens with zero attached hydrogens (tertiary/aromatic N) is 2. The highest BCUT2D eigenvalue weighted by Crippen LogP contribution is 2.45. The van der Waals surface area contributed by atoms with E-state index in [0.29, 0.717) is 29.7 Å². The fraction of sp³-hybridized carbons (Fsp3) is 0.393. The van der Waals surface area contributed by atoms with Gasteiger partial charge in [-0.1, -0.05) is 18.5 Å². The molecule has 1 saturated carbocycles. The van der Waals surface area contributed by atoms with E-state index in [1.165, 1.54) is 36.4 Å². The van der Waals surface area contributed by atoms with Crippen molar-refractivity contribution >= 4 is 34.7 Å². The van der Waals surface area contributed by atoms with Gasteiger partial charge in [0.1, 0.15) is 11.7 Å². The molecule has 0 spiro atoms. The van der Waals surface area contributed by atoms with Crippen LogP contribution in [0.1, 0.15) is 73.5 Å². The van der Waals surface area contributed by atoms with Crippen LogP contribution in [0.3, 0.4) is 0 Å². The molecule has 1 unspecified atom stereocenters. The number of amides is 2. The van der Waals surface area contributed by atoms with E-state index in [1.54, 1.807) is 0 Å². The Bertz CT molecular complexity index is 1360. The highest BCUT2D eigenvalue weighted by atomic mass is 35.5. The van der Waals surface area contributed by atoms with E-state index in [0.717, 1.165) is 19.0 Å². The lowest BCUT2D eigenvalue weighted by molar-refractivity contribution is -0.910. The molecule has 1 aromatic carbocycles. The zero-order valence-electron chi connectivity index (χ0n) is 21.4. The Morgan fingerprint density at radius 1 is 1.18 bits per heavy atom. The van der Waals surface area contributed by atoms with Crippen LogP contribution < -0.4 is 10.0 Å². The Labute approximate surface area is 228 Å². The second-order valence-corrected chi connectivity index (χ2v) is 10.8. The number of carbonyl (C=O) groups is 2. The number of hydrogen-bond donors (Lipinski definition) is 2. The van der Waals surface area contributed by atoms with E-state index in [9.17, 15) is 32.9 Å². The largest absolute Gasteiger partial charge is 0.325 e. The lowest BCUT2D eigenvalue weighted by Crippen LogP contribution is -2.41. The molecule has 1 aromatic heterocycles. The molecule has 0 saturated heterocycles. The van der Waals surface area contributed by atoms with Gasteiger partial charge < -0.3 is 5.32 Å². The first-order valence-electron chi connectivity index (χ1n) is 12.6. The second-order valence-electron chi connectivity index (χ2n) is 10.3. The number of pyridine rings is 1. The van der Waals surface area contributed by atoms with Crippen molar-refractivity contribution in [1.29, 1.82) is 0 Å². The molecule has 7 nitrogen and oxygen atoms in total. The molecule has 2 aliphatic rings. The SMILES string of the molecule is CC1CC(CC(C(=O)Nc2ccc(C(=O)N=O)cc2)c2ccc(C3=C(C(C)(F)F)CCC(Cl)=C3F)c[n+]2O)C1. The summed E-state index contributed by atoms with van der Waals surface area (Å²) in [5, 5.41) is 15.9. The standard InChI is InChI=1S/C28H27ClF3N3O4/c1-15-11-16(12-15)13-20(27(37)33-19-6-3-17(4-7-19)26(36)34-38)23-10-5-18(14-35(23)39)24-21(28(2,31)32)8-9-22(29)25(24)30/h3-7,10,14-16,20H,8-9,11-13H2,1-2H3,(H-,33,36,37,39)/p+1. The van der Waals surface area contributed by atoms with Gasteiger partial charge in [-0.25, -0.2) is 13.2 Å². The number of nitroso groups, excluding NO2 is 1. The fourth-order valence-corrected chi connectivity index (χ4v) is 5.53. The lowest BCUT2D eigenvalue weighted by atomic mass is 9.71. The fourth-order valence-electron chi connectivity index (χ4n) is 5.34. The summed E-state index contributed by atoms with van der Waals surface area (Å²) in [6, 6.07) is 8.44. The quantitative estimate of drug-likeness (QED) is 0.208. The number of alkyl halides is 2. The molecule has 0 bridgehead atoms. The van der Waals surface area contributed by atoms with E-state index >= 15 is 0 Å². The van der Waals surface area contributed by atoms with Gasteiger partial charge >= 0.3 is 5.91 Å². The van der Waals surface area contributed by atoms with E-state index in [1.807, 2.05) is 0 Å². The van der Waals surface area contributed by atoms with E-state index in [4.69, 9.17) is 11.6 Å². The van der Waals surface area contributed by atoms with Crippen LogP contribution in [0.25, 0.3) is 5.57 Å². The van der Waals surface area contributed by atoms with Crippen molar-refractivity contribution in [3.05, 3.63) is 80.8 Å². The van der Waals surface area contributed by atoms with Gasteiger partial charge in [0.15, 0.2) is 0 Å². The first-order chi connectivity index (χ1) is 18.4. The number of hydrogen-bond acceptors (Lipinski definition) is 4. The second kappa shape index (κ2) is 11.3. The normalized spacial score (nSPS) is 20.4. The molecule has 11 heteroatoms. The molecule has 2 aliphatic carbocycles. The van der Waals surface area contributed by atoms with Gasteiger partial charge in [-0.3, -0.25) is 14.8 Å². The molecule has 0 radical (unpaired) electrons. The number of nitrogens with one attached hydrogen (secondary N) is 1. The zero-order chi connectivity index (χ0) is 28.5. The number of benzene rings is 1. The van der Waals surface area contributed by atoms with Crippen LogP contribution in [0, 0.1) is 16.7 Å². The van der Waals surface area contributed by atoms with Gasteiger partial charge in [0, 0.05) is 45.3 Å². The number of anilines is 1. The van der Waals surface area contributed by atoms with Crippen LogP contribution in [-0.4, -0.2) is 22.9 Å². The van der Waals surface area contributed by atoms with Crippen LogP contribution in [0.4, 0.5) is 18.9 Å². The third-order valence-electron chi connectivity index (χ3n) is 7.33. The van der Waals surface area contributed by atoms with Crippen molar-refractivity contribution in [1.82, 2.24) is 0 Å². The van der Waals surface area contributed by atoms with Crippen molar-refractivity contribution in [3.63, 3.8) is 0 Å². The van der Waals surface area contributed by atoms with Crippen LogP contribution in [0.5, 0.6) is 0 Å². The maximum Gasteiger partial charge on any atom is 0.316 e. The summed E-state index contributed by atoms with van der Waals surface area (Å²) in [6.45, 7) is 2.80. The third kappa shape index (κ3) is 6.21. The summed E-state index contributed by atoms with van der Waals surface area (Å²) in [5.74, 6) is -5.70. The Morgan fingerprint density at radius 2 is 1.85 bits per heavy atom. The predicted octanol–water partition coefficient (Wildman–Crippen LogP) is 6.90. The van der Waals surface area contributed by atoms with Crippen molar-refractivity contribution in [3.8, 4) is 0 Å². The Morgan fingerprint density at radius 3 is 2.41 bits per heavy atom. The molecule has 2 amide bonds. The first-order valence-corrected chi connectivity index (χ1v) is 13.0. The lowest BCUT2D eigenvalue weighted by Gasteiger charge is -2.34. The molecule has 4 rings (SSSR count). The summed E-state index contributed by atoms with van der Waals surface area (Å²) < 4.78 is 44.3. The third-order valence-corrected chi connectivity index (χ3v) is 7.68. The van der Waals surface area contributed by atoms with Crippen molar-refractivity contribution in [2.45, 2.75) is 57.8 Å². The van der Waals surface area contributed by atoms with Crippen LogP contribution in [0.2, 0.25) is 0 Å². The average molecular weight is 563 g/mol. The van der Waals surface area contributed by atoms with Crippen molar-refractivity contribution in [2.75, 3.05) is 5.32 Å². The Balaban J connectivity index is 1.66. The Hall–Kier alpha value is -3.53. The van der Waals surface area contributed by atoms with Gasteiger partial charge in [0.25, 0.3) is 5.92 Å². The Kier molecular flexibility index (Phi) is 8.25. The molecule has 1 fully saturated rings. The zero-order valence-corrected chi connectivity index (χ0v) is 22.1. The number of halogens is 4. The van der Waals surface area contributed by atoms with Gasteiger partial charge in [-0.15, -0.1) is 4.91 Å². The van der Waals surface area contributed by atoms with E-state index in [-0.39, 0.29) is 46.2 Å². The monoisotopic (exact) mass is 562 g/mol. The van der Waals surface area contributed by atoms with Gasteiger partial charge in [0.05, 0.1) is 10.6 Å². The number of allylic oxidation sites excluding steroid dienone is 4. The van der Waals surface area contributed by atoms with E-state index in [2.05, 4.69) is 17.4 Å². The maximum absolute atomic E-state index is 15.0. The molecule has 0 aliphatic heterocycles. The van der Waals surface area contributed by atoms with Crippen molar-refractivity contribution < 1.29 is 32.7 Å². The minimum atomic E-state index is -3.30. The molecule has 2 aromatic rings. The van der Waals surface area contributed by atoms with E-state index < -0.39 is 35.1 Å². The maximum atomic E-state index is 15.0. The highest BCUT2D eigenvalue weighted by molar-refractivity contribution is 6.31. The molecule has 206 valence electrons. The summed E-state index contributed by atoms with van der Waals surface area (Å²) in [7, 11) is 0. The summed E-state index contributed by atoms with van der Waals surface area (Å²) in [5.41, 5.74) is -0.136. The van der Waals surface area contributed by atoms with Crippen molar-refractivity contribution in [2.24, 2.45) is 17.0 Å². The van der Waals surface area contributed by atoms with Gasteiger partial charge in [0.2, 0.25) is 17.8 Å². The predicted molar refractivity (Wildman–Crippen MR) is 139 cm³/mol. The van der Waals surface area contributed by atoms with Crippen LogP contribution >= 0.6 is 11.6 Å². The summed E-state index contributed by atoms with van der Waals surface area (Å²) >= 11 is 5.96. The molecule has 39 heavy (non-hydrogen) atoms. The van der Waals surface area contributed by atoms with Crippen LogP contribution in [0.15, 0.2) is 64.2 Å². The van der Waals surface area contributed by atoms with Gasteiger partial charge in [-0.2, -0.15) is 0 Å². The first kappa shape index (κ1) is 28.5. The molecule has 1 heterocycles. The topological polar surface area (TPSA) is 99.7 Å². The highest BCUT2D eigenvalue weighted by Gasteiger charge is 2.39. The van der Waals surface area contributed by atoms with Gasteiger partial charge in [-0.05, 0) is 74.3 Å². The number of rotatable bonds is 8. The number of aromatic nitrogens is 1. The molecule has 2 N–H and O–H groups in total. The minimum Gasteiger partial charge on any atom is -0.325 e.